The van der Waals surface area contributed by atoms with Gasteiger partial charge in [-0.25, -0.2) is 0 Å². The number of aryl methyl sites for hydroxylation is 2. The van der Waals surface area contributed by atoms with Crippen molar-refractivity contribution < 1.29 is 9.53 Å². The van der Waals surface area contributed by atoms with Gasteiger partial charge in [-0.05, 0) is 43.5 Å². The summed E-state index contributed by atoms with van der Waals surface area (Å²) in [5.74, 6) is 0.874. The van der Waals surface area contributed by atoms with Gasteiger partial charge in [0.25, 0.3) is 5.91 Å². The summed E-state index contributed by atoms with van der Waals surface area (Å²) in [5, 5.41) is 0. The first-order chi connectivity index (χ1) is 12.5. The van der Waals surface area contributed by atoms with E-state index in [1.165, 1.54) is 5.56 Å². The monoisotopic (exact) mass is 352 g/mol. The van der Waals surface area contributed by atoms with Gasteiger partial charge in [-0.3, -0.25) is 9.69 Å². The Labute approximate surface area is 156 Å². The third-order valence-corrected chi connectivity index (χ3v) is 4.93. The Balaban J connectivity index is 1.52. The Morgan fingerprint density at radius 1 is 1.04 bits per heavy atom. The zero-order valence-electron chi connectivity index (χ0n) is 15.9. The summed E-state index contributed by atoms with van der Waals surface area (Å²) in [6.07, 6.45) is -0.462. The van der Waals surface area contributed by atoms with Crippen LogP contribution < -0.4 is 4.74 Å². The maximum absolute atomic E-state index is 12.7. The summed E-state index contributed by atoms with van der Waals surface area (Å²) in [4.78, 5) is 17.1. The van der Waals surface area contributed by atoms with Gasteiger partial charge in [0, 0.05) is 32.7 Å². The number of ether oxygens (including phenoxy) is 1. The first-order valence-electron chi connectivity index (χ1n) is 9.32. The predicted octanol–water partition coefficient (Wildman–Crippen LogP) is 3.42. The summed E-state index contributed by atoms with van der Waals surface area (Å²) in [6, 6.07) is 16.6. The van der Waals surface area contributed by atoms with Crippen LogP contribution in [0.5, 0.6) is 5.75 Å². The molecular weight excluding hydrogens is 324 g/mol. The lowest BCUT2D eigenvalue weighted by atomic mass is 10.1. The molecule has 3 rings (SSSR count). The molecule has 0 saturated carbocycles. The van der Waals surface area contributed by atoms with Gasteiger partial charge < -0.3 is 9.64 Å². The van der Waals surface area contributed by atoms with E-state index < -0.39 is 6.10 Å². The van der Waals surface area contributed by atoms with E-state index in [-0.39, 0.29) is 5.91 Å². The molecule has 4 nitrogen and oxygen atoms in total. The molecule has 0 unspecified atom stereocenters. The minimum Gasteiger partial charge on any atom is -0.481 e. The molecule has 0 radical (unpaired) electrons. The number of amides is 1. The second-order valence-corrected chi connectivity index (χ2v) is 7.12. The minimum absolute atomic E-state index is 0.0743. The summed E-state index contributed by atoms with van der Waals surface area (Å²) >= 11 is 0. The third-order valence-electron chi connectivity index (χ3n) is 4.93. The van der Waals surface area contributed by atoms with Crippen LogP contribution in [0.2, 0.25) is 0 Å². The van der Waals surface area contributed by atoms with Crippen LogP contribution in [-0.4, -0.2) is 48.0 Å². The fourth-order valence-electron chi connectivity index (χ4n) is 3.30. The highest BCUT2D eigenvalue weighted by Gasteiger charge is 2.26. The number of hydrogen-bond acceptors (Lipinski definition) is 3. The van der Waals surface area contributed by atoms with Crippen molar-refractivity contribution in [3.05, 3.63) is 65.2 Å². The lowest BCUT2D eigenvalue weighted by Crippen LogP contribution is -2.51. The average Bonchev–Trinajstić information content (AvgIpc) is 2.65. The van der Waals surface area contributed by atoms with E-state index in [1.807, 2.05) is 43.9 Å². The van der Waals surface area contributed by atoms with Crippen LogP contribution in [0.1, 0.15) is 23.6 Å². The average molecular weight is 352 g/mol. The van der Waals surface area contributed by atoms with Crippen molar-refractivity contribution in [2.75, 3.05) is 26.2 Å². The number of nitrogens with zero attached hydrogens (tertiary/aromatic N) is 2. The largest absolute Gasteiger partial charge is 0.481 e. The summed E-state index contributed by atoms with van der Waals surface area (Å²) in [6.45, 7) is 10.1. The van der Waals surface area contributed by atoms with Gasteiger partial charge in [0.2, 0.25) is 0 Å². The summed E-state index contributed by atoms with van der Waals surface area (Å²) in [7, 11) is 0. The highest BCUT2D eigenvalue weighted by molar-refractivity contribution is 5.81. The smallest absolute Gasteiger partial charge is 0.263 e. The molecule has 2 aromatic carbocycles. The Kier molecular flexibility index (Phi) is 5.94. The van der Waals surface area contributed by atoms with Crippen LogP contribution in [-0.2, 0) is 11.3 Å². The molecule has 0 N–H and O–H groups in total. The molecule has 1 amide bonds. The van der Waals surface area contributed by atoms with Gasteiger partial charge in [0.1, 0.15) is 5.75 Å². The van der Waals surface area contributed by atoms with Crippen LogP contribution in [0.15, 0.2) is 48.5 Å². The summed E-state index contributed by atoms with van der Waals surface area (Å²) in [5.41, 5.74) is 3.52. The zero-order chi connectivity index (χ0) is 18.5. The molecule has 2 aromatic rings. The predicted molar refractivity (Wildman–Crippen MR) is 104 cm³/mol. The summed E-state index contributed by atoms with van der Waals surface area (Å²) < 4.78 is 5.96. The third kappa shape index (κ3) is 4.64. The van der Waals surface area contributed by atoms with Crippen molar-refractivity contribution in [2.24, 2.45) is 0 Å². The van der Waals surface area contributed by atoms with E-state index in [1.54, 1.807) is 0 Å². The molecule has 4 heteroatoms. The molecule has 1 aliphatic heterocycles. The molecule has 1 fully saturated rings. The molecule has 0 bridgehead atoms. The number of carbonyl (C=O) groups is 1. The molecule has 1 saturated heterocycles. The van der Waals surface area contributed by atoms with Gasteiger partial charge in [-0.2, -0.15) is 0 Å². The molecule has 1 aliphatic rings. The Hall–Kier alpha value is -2.33. The van der Waals surface area contributed by atoms with E-state index >= 15 is 0 Å². The van der Waals surface area contributed by atoms with Crippen LogP contribution in [0.4, 0.5) is 0 Å². The molecule has 26 heavy (non-hydrogen) atoms. The lowest BCUT2D eigenvalue weighted by molar-refractivity contribution is -0.139. The minimum atomic E-state index is -0.462. The lowest BCUT2D eigenvalue weighted by Gasteiger charge is -2.36. The highest BCUT2D eigenvalue weighted by atomic mass is 16.5. The SMILES string of the molecule is Cc1ccc(C)c(O[C@@H](C)C(=O)N2CCN(Cc3ccccc3)CC2)c1. The molecule has 138 valence electrons. The maximum Gasteiger partial charge on any atom is 0.263 e. The van der Waals surface area contributed by atoms with Gasteiger partial charge in [0.05, 0.1) is 0 Å². The van der Waals surface area contributed by atoms with Gasteiger partial charge >= 0.3 is 0 Å². The van der Waals surface area contributed by atoms with Crippen LogP contribution in [0, 0.1) is 13.8 Å². The Morgan fingerprint density at radius 3 is 2.42 bits per heavy atom. The van der Waals surface area contributed by atoms with Crippen molar-refractivity contribution in [2.45, 2.75) is 33.4 Å². The second-order valence-electron chi connectivity index (χ2n) is 7.12. The molecule has 0 aromatic heterocycles. The molecule has 0 aliphatic carbocycles. The number of rotatable bonds is 5. The molecule has 1 heterocycles. The molecule has 0 spiro atoms. The van der Waals surface area contributed by atoms with Crippen LogP contribution in [0.3, 0.4) is 0 Å². The van der Waals surface area contributed by atoms with Crippen molar-refractivity contribution in [1.29, 1.82) is 0 Å². The standard InChI is InChI=1S/C22H28N2O2/c1-17-9-10-18(2)21(15-17)26-19(3)22(25)24-13-11-23(12-14-24)16-20-7-5-4-6-8-20/h4-10,15,19H,11-14,16H2,1-3H3/t19-/m0/s1. The first-order valence-corrected chi connectivity index (χ1v) is 9.32. The van der Waals surface area contributed by atoms with E-state index in [0.29, 0.717) is 0 Å². The van der Waals surface area contributed by atoms with E-state index in [9.17, 15) is 4.79 Å². The number of carbonyl (C=O) groups excluding carboxylic acids is 1. The second kappa shape index (κ2) is 8.37. The number of hydrogen-bond donors (Lipinski definition) is 0. The topological polar surface area (TPSA) is 32.8 Å². The highest BCUT2D eigenvalue weighted by Crippen LogP contribution is 2.21. The van der Waals surface area contributed by atoms with Gasteiger partial charge in [-0.1, -0.05) is 42.5 Å². The van der Waals surface area contributed by atoms with Gasteiger partial charge in [-0.15, -0.1) is 0 Å². The van der Waals surface area contributed by atoms with E-state index in [4.69, 9.17) is 4.74 Å². The zero-order valence-corrected chi connectivity index (χ0v) is 15.9. The van der Waals surface area contributed by atoms with Crippen molar-refractivity contribution >= 4 is 5.91 Å². The number of piperazine rings is 1. The van der Waals surface area contributed by atoms with Crippen molar-refractivity contribution in [3.63, 3.8) is 0 Å². The first kappa shape index (κ1) is 18.5. The quantitative estimate of drug-likeness (QED) is 0.827. The van der Waals surface area contributed by atoms with Gasteiger partial charge in [0.15, 0.2) is 6.10 Å². The van der Waals surface area contributed by atoms with E-state index in [2.05, 4.69) is 35.2 Å². The number of benzene rings is 2. The molecule has 1 atom stereocenters. The normalized spacial score (nSPS) is 16.3. The molecular formula is C22H28N2O2. The fourth-order valence-corrected chi connectivity index (χ4v) is 3.30. The maximum atomic E-state index is 12.7. The van der Waals surface area contributed by atoms with Crippen molar-refractivity contribution in [1.82, 2.24) is 9.80 Å². The van der Waals surface area contributed by atoms with Crippen LogP contribution >= 0.6 is 0 Å². The van der Waals surface area contributed by atoms with Crippen LogP contribution in [0.25, 0.3) is 0 Å². The van der Waals surface area contributed by atoms with E-state index in [0.717, 1.165) is 49.6 Å². The Morgan fingerprint density at radius 2 is 1.73 bits per heavy atom. The fraction of sp³-hybridized carbons (Fsp3) is 0.409. The van der Waals surface area contributed by atoms with Crippen molar-refractivity contribution in [3.8, 4) is 5.75 Å². The Bertz CT molecular complexity index is 737.